The van der Waals surface area contributed by atoms with E-state index in [4.69, 9.17) is 4.52 Å². The molecule has 1 saturated carbocycles. The van der Waals surface area contributed by atoms with E-state index in [-0.39, 0.29) is 34.8 Å². The highest BCUT2D eigenvalue weighted by molar-refractivity contribution is 5.94. The minimum Gasteiger partial charge on any atom is -0.338 e. The predicted octanol–water partition coefficient (Wildman–Crippen LogP) is 5.46. The number of Topliss-reactive ketones (excluding diaryl/α,β-unsaturated/α-hetero) is 1. The number of benzene rings is 1. The Hall–Kier alpha value is -3.35. The Labute approximate surface area is 194 Å². The average Bonchev–Trinajstić information content (AvgIpc) is 3.48. The first kappa shape index (κ1) is 22.8. The summed E-state index contributed by atoms with van der Waals surface area (Å²) in [6, 6.07) is 10.0. The smallest absolute Gasteiger partial charge is 0.238 e. The number of aromatic nitrogens is 3. The summed E-state index contributed by atoms with van der Waals surface area (Å²) in [6.07, 6.45) is 3.92. The Balaban J connectivity index is 1.46. The van der Waals surface area contributed by atoms with E-state index < -0.39 is 0 Å². The van der Waals surface area contributed by atoms with E-state index >= 15 is 0 Å². The molecule has 0 saturated heterocycles. The van der Waals surface area contributed by atoms with Gasteiger partial charge in [-0.3, -0.25) is 9.59 Å². The average molecular weight is 447 g/mol. The van der Waals surface area contributed by atoms with Gasteiger partial charge in [-0.05, 0) is 60.1 Å². The SMILES string of the molecule is Cc1cc(-c2ccnc(NC(=O)C3CC3)c2)ccc1[C@@H](C)CC(=O)c1noc(C(C)(C)C)n1. The number of nitrogens with one attached hydrogen (secondary N) is 1. The van der Waals surface area contributed by atoms with Crippen molar-refractivity contribution in [2.45, 2.75) is 65.2 Å². The summed E-state index contributed by atoms with van der Waals surface area (Å²) in [5.74, 6) is 1.22. The number of ketones is 1. The van der Waals surface area contributed by atoms with Crippen molar-refractivity contribution < 1.29 is 14.1 Å². The van der Waals surface area contributed by atoms with Crippen molar-refractivity contribution in [1.82, 2.24) is 15.1 Å². The van der Waals surface area contributed by atoms with Crippen LogP contribution in [0.1, 0.15) is 80.5 Å². The van der Waals surface area contributed by atoms with Crippen molar-refractivity contribution >= 4 is 17.5 Å². The first-order chi connectivity index (χ1) is 15.6. The fourth-order valence-electron chi connectivity index (χ4n) is 3.78. The third-order valence-corrected chi connectivity index (χ3v) is 5.90. The van der Waals surface area contributed by atoms with Crippen molar-refractivity contribution in [3.63, 3.8) is 0 Å². The molecule has 1 fully saturated rings. The molecule has 1 aromatic carbocycles. The number of rotatable bonds is 7. The van der Waals surface area contributed by atoms with Crippen molar-refractivity contribution in [2.24, 2.45) is 5.92 Å². The number of anilines is 1. The van der Waals surface area contributed by atoms with Gasteiger partial charge < -0.3 is 9.84 Å². The highest BCUT2D eigenvalue weighted by Crippen LogP contribution is 2.32. The van der Waals surface area contributed by atoms with E-state index in [9.17, 15) is 9.59 Å². The van der Waals surface area contributed by atoms with Crippen LogP contribution in [0.5, 0.6) is 0 Å². The number of hydrogen-bond acceptors (Lipinski definition) is 6. The van der Waals surface area contributed by atoms with E-state index in [1.807, 2.05) is 52.8 Å². The molecule has 0 unspecified atom stereocenters. The van der Waals surface area contributed by atoms with Crippen LogP contribution in [0.2, 0.25) is 0 Å². The second kappa shape index (κ2) is 8.89. The molecule has 4 rings (SSSR count). The van der Waals surface area contributed by atoms with Gasteiger partial charge in [-0.1, -0.05) is 51.1 Å². The lowest BCUT2D eigenvalue weighted by atomic mass is 9.90. The molecule has 33 heavy (non-hydrogen) atoms. The van der Waals surface area contributed by atoms with Gasteiger partial charge >= 0.3 is 0 Å². The van der Waals surface area contributed by atoms with Gasteiger partial charge in [0.05, 0.1) is 0 Å². The maximum Gasteiger partial charge on any atom is 0.238 e. The van der Waals surface area contributed by atoms with Crippen LogP contribution in [0.3, 0.4) is 0 Å². The number of hydrogen-bond donors (Lipinski definition) is 1. The molecule has 1 aliphatic rings. The zero-order valence-corrected chi connectivity index (χ0v) is 19.8. The van der Waals surface area contributed by atoms with Crippen LogP contribution in [-0.4, -0.2) is 26.8 Å². The zero-order chi connectivity index (χ0) is 23.8. The number of pyridine rings is 1. The van der Waals surface area contributed by atoms with Crippen LogP contribution < -0.4 is 5.32 Å². The Bertz CT molecular complexity index is 1190. The second-order valence-corrected chi connectivity index (χ2v) is 9.97. The first-order valence-electron chi connectivity index (χ1n) is 11.4. The monoisotopic (exact) mass is 446 g/mol. The quantitative estimate of drug-likeness (QED) is 0.484. The molecule has 172 valence electrons. The van der Waals surface area contributed by atoms with Gasteiger partial charge in [0.15, 0.2) is 0 Å². The summed E-state index contributed by atoms with van der Waals surface area (Å²) in [7, 11) is 0. The third kappa shape index (κ3) is 5.35. The molecule has 3 aromatic rings. The Morgan fingerprint density at radius 3 is 2.52 bits per heavy atom. The molecule has 2 aromatic heterocycles. The molecule has 0 bridgehead atoms. The second-order valence-electron chi connectivity index (χ2n) is 9.97. The lowest BCUT2D eigenvalue weighted by Gasteiger charge is -2.15. The Morgan fingerprint density at radius 1 is 1.15 bits per heavy atom. The summed E-state index contributed by atoms with van der Waals surface area (Å²) >= 11 is 0. The highest BCUT2D eigenvalue weighted by Gasteiger charge is 2.30. The summed E-state index contributed by atoms with van der Waals surface area (Å²) in [4.78, 5) is 33.3. The first-order valence-corrected chi connectivity index (χ1v) is 11.4. The topological polar surface area (TPSA) is 98.0 Å². The van der Waals surface area contributed by atoms with Crippen molar-refractivity contribution in [1.29, 1.82) is 0 Å². The van der Waals surface area contributed by atoms with Gasteiger partial charge in [-0.2, -0.15) is 4.98 Å². The molecule has 0 radical (unpaired) electrons. The van der Waals surface area contributed by atoms with Gasteiger partial charge in [0.25, 0.3) is 0 Å². The van der Waals surface area contributed by atoms with Crippen LogP contribution in [0.4, 0.5) is 5.82 Å². The van der Waals surface area contributed by atoms with Crippen molar-refractivity contribution in [3.8, 4) is 11.1 Å². The predicted molar refractivity (Wildman–Crippen MR) is 126 cm³/mol. The lowest BCUT2D eigenvalue weighted by Crippen LogP contribution is -2.14. The van der Waals surface area contributed by atoms with Crippen LogP contribution >= 0.6 is 0 Å². The normalized spacial score (nSPS) is 14.7. The standard InChI is InChI=1S/C26H30N4O3/c1-15-12-18(19-10-11-27-22(14-19)28-24(32)17-6-7-17)8-9-20(15)16(2)13-21(31)23-29-25(33-30-23)26(3,4)5/h8-12,14,16-17H,6-7,13H2,1-5H3,(H,27,28,32)/t16-/m0/s1. The van der Waals surface area contributed by atoms with Crippen LogP contribution in [0.25, 0.3) is 11.1 Å². The molecule has 1 atom stereocenters. The van der Waals surface area contributed by atoms with Gasteiger partial charge in [-0.15, -0.1) is 0 Å². The van der Waals surface area contributed by atoms with Crippen LogP contribution in [0.15, 0.2) is 41.1 Å². The molecule has 0 spiro atoms. The summed E-state index contributed by atoms with van der Waals surface area (Å²) < 4.78 is 5.26. The molecular formula is C26H30N4O3. The van der Waals surface area contributed by atoms with Gasteiger partial charge in [0.1, 0.15) is 5.82 Å². The van der Waals surface area contributed by atoms with E-state index in [2.05, 4.69) is 32.6 Å². The zero-order valence-electron chi connectivity index (χ0n) is 19.8. The number of carbonyl (C=O) groups is 2. The van der Waals surface area contributed by atoms with Crippen LogP contribution in [-0.2, 0) is 10.2 Å². The van der Waals surface area contributed by atoms with Crippen molar-refractivity contribution in [2.75, 3.05) is 5.32 Å². The fourth-order valence-corrected chi connectivity index (χ4v) is 3.78. The number of amides is 1. The largest absolute Gasteiger partial charge is 0.338 e. The molecule has 7 nitrogen and oxygen atoms in total. The highest BCUT2D eigenvalue weighted by atomic mass is 16.5. The summed E-state index contributed by atoms with van der Waals surface area (Å²) in [5.41, 5.74) is 3.92. The summed E-state index contributed by atoms with van der Waals surface area (Å²) in [6.45, 7) is 9.98. The van der Waals surface area contributed by atoms with Crippen LogP contribution in [0, 0.1) is 12.8 Å². The van der Waals surface area contributed by atoms with Gasteiger partial charge in [0, 0.05) is 24.0 Å². The summed E-state index contributed by atoms with van der Waals surface area (Å²) in [5, 5.41) is 6.78. The lowest BCUT2D eigenvalue weighted by molar-refractivity contribution is -0.117. The molecule has 2 heterocycles. The molecule has 1 N–H and O–H groups in total. The van der Waals surface area contributed by atoms with Gasteiger partial charge in [0.2, 0.25) is 23.4 Å². The van der Waals surface area contributed by atoms with E-state index in [0.717, 1.165) is 35.1 Å². The van der Waals surface area contributed by atoms with Crippen molar-refractivity contribution in [3.05, 3.63) is 59.4 Å². The third-order valence-electron chi connectivity index (χ3n) is 5.90. The fraction of sp³-hybridized carbons (Fsp3) is 0.423. The van der Waals surface area contributed by atoms with Gasteiger partial charge in [-0.25, -0.2) is 4.98 Å². The Morgan fingerprint density at radius 2 is 1.88 bits per heavy atom. The molecule has 1 aliphatic carbocycles. The Kier molecular flexibility index (Phi) is 6.15. The maximum absolute atomic E-state index is 12.7. The number of nitrogens with zero attached hydrogens (tertiary/aromatic N) is 3. The van der Waals surface area contributed by atoms with E-state index in [1.54, 1.807) is 6.20 Å². The number of aryl methyl sites for hydroxylation is 1. The maximum atomic E-state index is 12.7. The molecular weight excluding hydrogens is 416 g/mol. The van der Waals surface area contributed by atoms with E-state index in [0.29, 0.717) is 18.1 Å². The minimum absolute atomic E-state index is 0.00830. The molecule has 7 heteroatoms. The number of carbonyl (C=O) groups excluding carboxylic acids is 2. The molecule has 0 aliphatic heterocycles. The molecule has 1 amide bonds. The minimum atomic E-state index is -0.295. The van der Waals surface area contributed by atoms with E-state index in [1.165, 1.54) is 0 Å².